The second-order valence-electron chi connectivity index (χ2n) is 4.03. The maximum Gasteiger partial charge on any atom is 0.420 e. The van der Waals surface area contributed by atoms with E-state index >= 15 is 0 Å². The third-order valence-electron chi connectivity index (χ3n) is 2.73. The molecule has 0 spiro atoms. The molecule has 1 aliphatic rings. The lowest BCUT2D eigenvalue weighted by Gasteiger charge is -2.24. The lowest BCUT2D eigenvalue weighted by molar-refractivity contribution is -0.191. The number of hydrogen-bond acceptors (Lipinski definition) is 6. The van der Waals surface area contributed by atoms with Crippen LogP contribution in [0.25, 0.3) is 0 Å². The van der Waals surface area contributed by atoms with Crippen LogP contribution in [0.1, 0.15) is 12.6 Å². The molecule has 0 bridgehead atoms. The number of carbonyl (C=O) groups is 2. The first-order valence-corrected chi connectivity index (χ1v) is 5.71. The quantitative estimate of drug-likeness (QED) is 0.773. The van der Waals surface area contributed by atoms with Gasteiger partial charge < -0.3 is 11.1 Å². The molecule has 1 atom stereocenters. The fraction of sp³-hybridized carbons (Fsp3) is 0.500. The summed E-state index contributed by atoms with van der Waals surface area (Å²) in [5.74, 6) is -1.39. The highest BCUT2D eigenvalue weighted by molar-refractivity contribution is 7.09. The molecule has 0 aromatic carbocycles. The number of aromatic nitrogens is 2. The van der Waals surface area contributed by atoms with Crippen LogP contribution in [0.15, 0.2) is 0 Å². The first-order valence-electron chi connectivity index (χ1n) is 4.94. The molecule has 0 aliphatic carbocycles. The van der Waals surface area contributed by atoms with Crippen molar-refractivity contribution >= 4 is 28.5 Å². The van der Waals surface area contributed by atoms with Crippen molar-refractivity contribution in [1.82, 2.24) is 19.8 Å². The molecule has 1 saturated heterocycles. The maximum atomic E-state index is 12.8. The standard InChI is InChI=1S/C8H8F3N5O2S/c1-7(8(9,10)11)5(17)16(6(18)13-7)2-3-4(12)19-15-14-3/h2,12H2,1H3,(H,13,18). The number of carbonyl (C=O) groups excluding carboxylic acids is 2. The Morgan fingerprint density at radius 1 is 1.47 bits per heavy atom. The predicted molar refractivity (Wildman–Crippen MR) is 57.9 cm³/mol. The average Bonchev–Trinajstić information content (AvgIpc) is 2.77. The number of amides is 3. The van der Waals surface area contributed by atoms with Crippen molar-refractivity contribution in [2.75, 3.05) is 5.73 Å². The van der Waals surface area contributed by atoms with E-state index in [-0.39, 0.29) is 10.7 Å². The highest BCUT2D eigenvalue weighted by atomic mass is 32.1. The topological polar surface area (TPSA) is 101 Å². The lowest BCUT2D eigenvalue weighted by Crippen LogP contribution is -2.56. The van der Waals surface area contributed by atoms with E-state index < -0.39 is 30.2 Å². The highest BCUT2D eigenvalue weighted by Crippen LogP contribution is 2.35. The fourth-order valence-electron chi connectivity index (χ4n) is 1.51. The SMILES string of the molecule is CC1(C(F)(F)F)NC(=O)N(Cc2nnsc2N)C1=O. The van der Waals surface area contributed by atoms with Crippen molar-refractivity contribution in [3.8, 4) is 0 Å². The Labute approximate surface area is 108 Å². The van der Waals surface area contributed by atoms with Crippen molar-refractivity contribution in [2.24, 2.45) is 0 Å². The fourth-order valence-corrected chi connectivity index (χ4v) is 1.95. The molecule has 2 rings (SSSR count). The van der Waals surface area contributed by atoms with E-state index in [1.807, 2.05) is 0 Å². The molecule has 1 aromatic heterocycles. The van der Waals surface area contributed by atoms with Crippen LogP contribution in [-0.4, -0.2) is 38.1 Å². The van der Waals surface area contributed by atoms with Gasteiger partial charge in [-0.25, -0.2) is 4.79 Å². The number of anilines is 1. The molecule has 7 nitrogen and oxygen atoms in total. The van der Waals surface area contributed by atoms with E-state index in [1.165, 1.54) is 0 Å². The van der Waals surface area contributed by atoms with Crippen LogP contribution in [0.4, 0.5) is 23.0 Å². The van der Waals surface area contributed by atoms with Gasteiger partial charge in [0.2, 0.25) is 5.54 Å². The molecule has 11 heteroatoms. The van der Waals surface area contributed by atoms with Gasteiger partial charge in [0.1, 0.15) is 10.7 Å². The second kappa shape index (κ2) is 4.05. The highest BCUT2D eigenvalue weighted by Gasteiger charge is 2.64. The first-order chi connectivity index (χ1) is 8.67. The lowest BCUT2D eigenvalue weighted by atomic mass is 10.0. The van der Waals surface area contributed by atoms with Gasteiger partial charge in [-0.05, 0) is 6.92 Å². The summed E-state index contributed by atoms with van der Waals surface area (Å²) in [6, 6.07) is -1.14. The monoisotopic (exact) mass is 295 g/mol. The molecule has 1 aliphatic heterocycles. The normalized spacial score (nSPS) is 23.9. The molecule has 1 fully saturated rings. The molecule has 3 N–H and O–H groups in total. The summed E-state index contributed by atoms with van der Waals surface area (Å²) in [5, 5.41) is 5.32. The van der Waals surface area contributed by atoms with Gasteiger partial charge in [0.25, 0.3) is 5.91 Å². The third kappa shape index (κ3) is 1.99. The summed E-state index contributed by atoms with van der Waals surface area (Å²) in [7, 11) is 0. The first kappa shape index (κ1) is 13.5. The Kier molecular flexibility index (Phi) is 2.88. The zero-order valence-corrected chi connectivity index (χ0v) is 10.3. The molecular formula is C8H8F3N5O2S. The van der Waals surface area contributed by atoms with E-state index in [1.54, 1.807) is 5.32 Å². The van der Waals surface area contributed by atoms with Crippen LogP contribution in [0.2, 0.25) is 0 Å². The van der Waals surface area contributed by atoms with Crippen LogP contribution in [-0.2, 0) is 11.3 Å². The summed E-state index contributed by atoms with van der Waals surface area (Å²) >= 11 is 0.820. The Balaban J connectivity index is 2.27. The van der Waals surface area contributed by atoms with Crippen molar-refractivity contribution in [1.29, 1.82) is 0 Å². The molecular weight excluding hydrogens is 287 g/mol. The molecule has 0 saturated carbocycles. The molecule has 3 amide bonds. The maximum absolute atomic E-state index is 12.8. The van der Waals surface area contributed by atoms with Gasteiger partial charge in [0.15, 0.2) is 0 Å². The van der Waals surface area contributed by atoms with Crippen molar-refractivity contribution in [3.05, 3.63) is 5.69 Å². The number of rotatable bonds is 2. The van der Waals surface area contributed by atoms with Crippen LogP contribution in [0.3, 0.4) is 0 Å². The van der Waals surface area contributed by atoms with E-state index in [0.29, 0.717) is 11.8 Å². The summed E-state index contributed by atoms with van der Waals surface area (Å²) < 4.78 is 41.8. The van der Waals surface area contributed by atoms with E-state index in [9.17, 15) is 22.8 Å². The Morgan fingerprint density at radius 2 is 2.11 bits per heavy atom. The van der Waals surface area contributed by atoms with Crippen LogP contribution in [0.5, 0.6) is 0 Å². The molecule has 1 aromatic rings. The largest absolute Gasteiger partial charge is 0.420 e. The number of urea groups is 1. The Morgan fingerprint density at radius 3 is 2.53 bits per heavy atom. The van der Waals surface area contributed by atoms with E-state index in [0.717, 1.165) is 11.5 Å². The number of nitrogens with two attached hydrogens (primary N) is 1. The molecule has 0 radical (unpaired) electrons. The van der Waals surface area contributed by atoms with Crippen molar-refractivity contribution in [2.45, 2.75) is 25.2 Å². The Hall–Kier alpha value is -1.91. The number of halogens is 3. The van der Waals surface area contributed by atoms with Gasteiger partial charge in [-0.1, -0.05) is 4.49 Å². The number of nitrogens with zero attached hydrogens (tertiary/aromatic N) is 3. The average molecular weight is 295 g/mol. The van der Waals surface area contributed by atoms with Crippen molar-refractivity contribution in [3.63, 3.8) is 0 Å². The summed E-state index contributed by atoms with van der Waals surface area (Å²) in [4.78, 5) is 23.7. The van der Waals surface area contributed by atoms with Gasteiger partial charge in [-0.15, -0.1) is 5.10 Å². The van der Waals surface area contributed by atoms with Crippen LogP contribution >= 0.6 is 11.5 Å². The number of imide groups is 1. The minimum absolute atomic E-state index is 0.0833. The predicted octanol–water partition coefficient (Wildman–Crippen LogP) is 0.493. The molecule has 1 unspecified atom stereocenters. The number of alkyl halides is 3. The molecule has 2 heterocycles. The third-order valence-corrected chi connectivity index (χ3v) is 3.33. The Bertz CT molecular complexity index is 545. The summed E-state index contributed by atoms with van der Waals surface area (Å²) in [6.07, 6.45) is -4.89. The second-order valence-corrected chi connectivity index (χ2v) is 4.81. The molecule has 104 valence electrons. The molecule has 19 heavy (non-hydrogen) atoms. The van der Waals surface area contributed by atoms with Crippen LogP contribution in [0, 0.1) is 0 Å². The van der Waals surface area contributed by atoms with Gasteiger partial charge in [0.05, 0.1) is 6.54 Å². The minimum atomic E-state index is -4.89. The zero-order chi connectivity index (χ0) is 14.4. The van der Waals surface area contributed by atoms with E-state index in [2.05, 4.69) is 9.59 Å². The van der Waals surface area contributed by atoms with Gasteiger partial charge in [0, 0.05) is 11.5 Å². The number of hydrogen-bond donors (Lipinski definition) is 2. The number of nitrogen functional groups attached to an aromatic ring is 1. The van der Waals surface area contributed by atoms with Crippen LogP contribution < -0.4 is 11.1 Å². The van der Waals surface area contributed by atoms with Gasteiger partial charge in [-0.2, -0.15) is 13.2 Å². The summed E-state index contributed by atoms with van der Waals surface area (Å²) in [5.41, 5.74) is 2.62. The summed E-state index contributed by atoms with van der Waals surface area (Å²) in [6.45, 7) is 0.161. The smallest absolute Gasteiger partial charge is 0.388 e. The number of nitrogens with one attached hydrogen (secondary N) is 1. The zero-order valence-electron chi connectivity index (χ0n) is 9.48. The minimum Gasteiger partial charge on any atom is -0.388 e. The van der Waals surface area contributed by atoms with Gasteiger partial charge >= 0.3 is 12.2 Å². The van der Waals surface area contributed by atoms with Gasteiger partial charge in [-0.3, -0.25) is 9.69 Å². The van der Waals surface area contributed by atoms with Crippen molar-refractivity contribution < 1.29 is 22.8 Å². The van der Waals surface area contributed by atoms with E-state index in [4.69, 9.17) is 5.73 Å².